The van der Waals surface area contributed by atoms with Crippen LogP contribution >= 0.6 is 0 Å². The van der Waals surface area contributed by atoms with Crippen molar-refractivity contribution < 1.29 is 4.79 Å². The van der Waals surface area contributed by atoms with Gasteiger partial charge in [0.25, 0.3) is 5.91 Å². The largest absolute Gasteiger partial charge is 0.361 e. The predicted octanol–water partition coefficient (Wildman–Crippen LogP) is 1.53. The number of carbonyl (C=O) groups is 1. The van der Waals surface area contributed by atoms with Crippen LogP contribution in [0, 0.1) is 12.3 Å². The molecule has 0 aliphatic heterocycles. The molecule has 1 aromatic heterocycles. The third-order valence-electron chi connectivity index (χ3n) is 2.18. The number of terminal acetylenes is 1. The Bertz CT molecular complexity index is 534. The van der Waals surface area contributed by atoms with Crippen molar-refractivity contribution in [3.63, 3.8) is 0 Å². The summed E-state index contributed by atoms with van der Waals surface area (Å²) in [5, 5.41) is 3.65. The zero-order valence-corrected chi connectivity index (χ0v) is 8.08. The van der Waals surface area contributed by atoms with Gasteiger partial charge in [-0.3, -0.25) is 4.79 Å². The van der Waals surface area contributed by atoms with Crippen molar-refractivity contribution in [2.45, 2.75) is 0 Å². The van der Waals surface area contributed by atoms with E-state index in [4.69, 9.17) is 6.42 Å². The van der Waals surface area contributed by atoms with Crippen molar-refractivity contribution in [1.29, 1.82) is 0 Å². The molecule has 2 N–H and O–H groups in total. The number of hydrogen-bond acceptors (Lipinski definition) is 1. The summed E-state index contributed by atoms with van der Waals surface area (Å²) >= 11 is 0. The zero-order chi connectivity index (χ0) is 10.7. The Morgan fingerprint density at radius 3 is 3.13 bits per heavy atom. The number of hydrogen-bond donors (Lipinski definition) is 2. The first-order valence-electron chi connectivity index (χ1n) is 4.60. The van der Waals surface area contributed by atoms with Crippen LogP contribution in [0.5, 0.6) is 0 Å². The Hall–Kier alpha value is -2.21. The molecule has 0 radical (unpaired) electrons. The summed E-state index contributed by atoms with van der Waals surface area (Å²) in [4.78, 5) is 14.7. The van der Waals surface area contributed by atoms with Crippen molar-refractivity contribution in [2.24, 2.45) is 0 Å². The normalized spacial score (nSPS) is 9.80. The van der Waals surface area contributed by atoms with Crippen molar-refractivity contribution in [3.05, 3.63) is 36.0 Å². The highest BCUT2D eigenvalue weighted by atomic mass is 16.1. The minimum atomic E-state index is -0.152. The van der Waals surface area contributed by atoms with E-state index >= 15 is 0 Å². The molecule has 1 amide bonds. The van der Waals surface area contributed by atoms with Gasteiger partial charge in [-0.05, 0) is 12.1 Å². The standard InChI is InChI=1S/C12H10N2O/c1-2-7-14-12(15)10-5-3-4-9-6-8-13-11(9)10/h1,3-6,8,13H,7H2,(H,14,15). The molecule has 0 bridgehead atoms. The summed E-state index contributed by atoms with van der Waals surface area (Å²) in [6.07, 6.45) is 6.88. The van der Waals surface area contributed by atoms with Gasteiger partial charge in [0.05, 0.1) is 17.6 Å². The molecule has 1 heterocycles. The maximum absolute atomic E-state index is 11.7. The van der Waals surface area contributed by atoms with Crippen LogP contribution in [0.15, 0.2) is 30.5 Å². The highest BCUT2D eigenvalue weighted by Crippen LogP contribution is 2.16. The van der Waals surface area contributed by atoms with E-state index in [0.717, 1.165) is 10.9 Å². The van der Waals surface area contributed by atoms with E-state index in [1.807, 2.05) is 24.4 Å². The molecule has 2 aromatic rings. The van der Waals surface area contributed by atoms with Crippen molar-refractivity contribution in [1.82, 2.24) is 10.3 Å². The quantitative estimate of drug-likeness (QED) is 0.706. The molecule has 0 saturated carbocycles. The van der Waals surface area contributed by atoms with Gasteiger partial charge in [-0.25, -0.2) is 0 Å². The molecule has 0 saturated heterocycles. The minimum Gasteiger partial charge on any atom is -0.361 e. The van der Waals surface area contributed by atoms with Gasteiger partial charge in [0, 0.05) is 11.6 Å². The topological polar surface area (TPSA) is 44.9 Å². The maximum atomic E-state index is 11.7. The second kappa shape index (κ2) is 3.89. The van der Waals surface area contributed by atoms with Crippen LogP contribution in [-0.4, -0.2) is 17.4 Å². The smallest absolute Gasteiger partial charge is 0.254 e. The van der Waals surface area contributed by atoms with Gasteiger partial charge in [0.15, 0.2) is 0 Å². The number of H-pyrrole nitrogens is 1. The maximum Gasteiger partial charge on any atom is 0.254 e. The molecule has 74 valence electrons. The Morgan fingerprint density at radius 1 is 1.47 bits per heavy atom. The van der Waals surface area contributed by atoms with Crippen LogP contribution in [0.3, 0.4) is 0 Å². The molecule has 0 unspecified atom stereocenters. The van der Waals surface area contributed by atoms with Gasteiger partial charge in [-0.1, -0.05) is 18.1 Å². The molecule has 15 heavy (non-hydrogen) atoms. The van der Waals surface area contributed by atoms with Gasteiger partial charge < -0.3 is 10.3 Å². The fraction of sp³-hybridized carbons (Fsp3) is 0.0833. The first-order valence-corrected chi connectivity index (χ1v) is 4.60. The van der Waals surface area contributed by atoms with Crippen LogP contribution in [0.25, 0.3) is 10.9 Å². The number of nitrogens with one attached hydrogen (secondary N) is 2. The molecule has 0 atom stereocenters. The summed E-state index contributed by atoms with van der Waals surface area (Å²) in [7, 11) is 0. The molecule has 0 aliphatic rings. The van der Waals surface area contributed by atoms with E-state index in [9.17, 15) is 4.79 Å². The van der Waals surface area contributed by atoms with E-state index in [1.54, 1.807) is 6.07 Å². The second-order valence-electron chi connectivity index (χ2n) is 3.13. The fourth-order valence-electron chi connectivity index (χ4n) is 1.50. The van der Waals surface area contributed by atoms with E-state index in [-0.39, 0.29) is 12.5 Å². The first-order chi connectivity index (χ1) is 7.33. The summed E-state index contributed by atoms with van der Waals surface area (Å²) in [5.74, 6) is 2.22. The fourth-order valence-corrected chi connectivity index (χ4v) is 1.50. The third-order valence-corrected chi connectivity index (χ3v) is 2.18. The summed E-state index contributed by atoms with van der Waals surface area (Å²) < 4.78 is 0. The summed E-state index contributed by atoms with van der Waals surface area (Å²) in [6.45, 7) is 0.246. The van der Waals surface area contributed by atoms with Crippen LogP contribution in [0.2, 0.25) is 0 Å². The third kappa shape index (κ3) is 1.70. The van der Waals surface area contributed by atoms with E-state index in [1.165, 1.54) is 0 Å². The van der Waals surface area contributed by atoms with E-state index in [2.05, 4.69) is 16.2 Å². The van der Waals surface area contributed by atoms with E-state index in [0.29, 0.717) is 5.56 Å². The number of aromatic nitrogens is 1. The van der Waals surface area contributed by atoms with Gasteiger partial charge in [0.2, 0.25) is 0 Å². The van der Waals surface area contributed by atoms with Crippen LogP contribution < -0.4 is 5.32 Å². The SMILES string of the molecule is C#CCNC(=O)c1cccc2cc[nH]c12. The number of aromatic amines is 1. The van der Waals surface area contributed by atoms with Crippen LogP contribution in [0.1, 0.15) is 10.4 Å². The number of rotatable bonds is 2. The second-order valence-corrected chi connectivity index (χ2v) is 3.13. The van der Waals surface area contributed by atoms with Crippen molar-refractivity contribution in [2.75, 3.05) is 6.54 Å². The lowest BCUT2D eigenvalue weighted by Gasteiger charge is -2.02. The first kappa shape index (κ1) is 9.35. The van der Waals surface area contributed by atoms with Crippen molar-refractivity contribution >= 4 is 16.8 Å². The number of benzene rings is 1. The minimum absolute atomic E-state index is 0.152. The summed E-state index contributed by atoms with van der Waals surface area (Å²) in [6, 6.07) is 7.49. The Kier molecular flexibility index (Phi) is 2.42. The van der Waals surface area contributed by atoms with Gasteiger partial charge in [-0.15, -0.1) is 6.42 Å². The average Bonchev–Trinajstić information content (AvgIpc) is 2.73. The number of amides is 1. The lowest BCUT2D eigenvalue weighted by Crippen LogP contribution is -2.23. The molecule has 2 rings (SSSR count). The van der Waals surface area contributed by atoms with E-state index < -0.39 is 0 Å². The highest BCUT2D eigenvalue weighted by Gasteiger charge is 2.08. The Morgan fingerprint density at radius 2 is 2.33 bits per heavy atom. The highest BCUT2D eigenvalue weighted by molar-refractivity contribution is 6.05. The number of para-hydroxylation sites is 1. The predicted molar refractivity (Wildman–Crippen MR) is 59.5 cm³/mol. The molecular formula is C12H10N2O. The average molecular weight is 198 g/mol. The molecule has 0 aliphatic carbocycles. The molecule has 3 heteroatoms. The molecule has 1 aromatic carbocycles. The monoisotopic (exact) mass is 198 g/mol. The lowest BCUT2D eigenvalue weighted by molar-refractivity contribution is 0.0960. The molecule has 0 fully saturated rings. The van der Waals surface area contributed by atoms with Gasteiger partial charge in [-0.2, -0.15) is 0 Å². The lowest BCUT2D eigenvalue weighted by atomic mass is 10.1. The number of carbonyl (C=O) groups excluding carboxylic acids is 1. The van der Waals surface area contributed by atoms with Crippen LogP contribution in [-0.2, 0) is 0 Å². The molecule has 0 spiro atoms. The van der Waals surface area contributed by atoms with Crippen LogP contribution in [0.4, 0.5) is 0 Å². The Balaban J connectivity index is 2.39. The summed E-state index contributed by atoms with van der Waals surface area (Å²) in [5.41, 5.74) is 1.46. The van der Waals surface area contributed by atoms with Crippen molar-refractivity contribution in [3.8, 4) is 12.3 Å². The Labute approximate surface area is 87.5 Å². The molecule has 3 nitrogen and oxygen atoms in total. The van der Waals surface area contributed by atoms with Gasteiger partial charge >= 0.3 is 0 Å². The zero-order valence-electron chi connectivity index (χ0n) is 8.08. The number of fused-ring (bicyclic) bond motifs is 1. The molecular weight excluding hydrogens is 188 g/mol. The van der Waals surface area contributed by atoms with Gasteiger partial charge in [0.1, 0.15) is 0 Å².